The van der Waals surface area contributed by atoms with E-state index in [4.69, 9.17) is 0 Å². The first-order valence-electron chi connectivity index (χ1n) is 15.3. The van der Waals surface area contributed by atoms with Crippen LogP contribution in [0.3, 0.4) is 0 Å². The van der Waals surface area contributed by atoms with E-state index < -0.39 is 22.6 Å². The molecule has 1 aromatic carbocycles. The second-order valence-corrected chi connectivity index (χ2v) is 13.3. The lowest BCUT2D eigenvalue weighted by Crippen LogP contribution is -2.57. The molecule has 6 atom stereocenters. The largest absolute Gasteiger partial charge is 0.396 e. The molecule has 0 saturated carbocycles. The fourth-order valence-electron chi connectivity index (χ4n) is 7.28. The Balaban J connectivity index is 1.72. The molecule has 224 valence electrons. The number of amides is 3. The maximum atomic E-state index is 14.5. The predicted octanol–water partition coefficient (Wildman–Crippen LogP) is 4.91. The van der Waals surface area contributed by atoms with Crippen molar-refractivity contribution >= 4 is 35.2 Å². The Morgan fingerprint density at radius 1 is 1.07 bits per heavy atom. The number of likely N-dealkylation sites (tertiary alicyclic amines) is 1. The van der Waals surface area contributed by atoms with Crippen molar-refractivity contribution in [3.05, 3.63) is 55.6 Å². The van der Waals surface area contributed by atoms with E-state index in [0.29, 0.717) is 26.2 Å². The number of aliphatic hydroxyl groups excluding tert-OH is 1. The van der Waals surface area contributed by atoms with Crippen LogP contribution >= 0.6 is 11.8 Å². The van der Waals surface area contributed by atoms with E-state index in [9.17, 15) is 19.5 Å². The highest BCUT2D eigenvalue weighted by atomic mass is 32.2. The third-order valence-corrected chi connectivity index (χ3v) is 11.2. The Kier molecular flexibility index (Phi) is 10.8. The van der Waals surface area contributed by atoms with Crippen LogP contribution in [0.1, 0.15) is 58.8 Å². The second-order valence-electron chi connectivity index (χ2n) is 11.7. The van der Waals surface area contributed by atoms with E-state index in [1.165, 1.54) is 0 Å². The molecule has 4 rings (SSSR count). The number of nitrogens with zero attached hydrogens (tertiary/aromatic N) is 3. The normalized spacial score (nSPS) is 28.0. The van der Waals surface area contributed by atoms with Crippen molar-refractivity contribution < 1.29 is 19.5 Å². The molecule has 1 N–H and O–H groups in total. The van der Waals surface area contributed by atoms with Gasteiger partial charge in [0.25, 0.3) is 0 Å². The van der Waals surface area contributed by atoms with Gasteiger partial charge in [0.2, 0.25) is 17.7 Å². The first kappa shape index (κ1) is 31.4. The van der Waals surface area contributed by atoms with Crippen molar-refractivity contribution in [2.75, 3.05) is 37.7 Å². The molecule has 3 aliphatic rings. The number of para-hydroxylation sites is 1. The number of thioether (sulfide) groups is 1. The van der Waals surface area contributed by atoms with Gasteiger partial charge in [-0.1, -0.05) is 63.5 Å². The molecule has 3 aliphatic heterocycles. The number of rotatable bonds is 16. The van der Waals surface area contributed by atoms with E-state index in [1.54, 1.807) is 28.8 Å². The van der Waals surface area contributed by atoms with E-state index in [1.807, 2.05) is 40.1 Å². The molecule has 8 heteroatoms. The van der Waals surface area contributed by atoms with E-state index in [-0.39, 0.29) is 35.5 Å². The van der Waals surface area contributed by atoms with Gasteiger partial charge in [-0.05, 0) is 43.7 Å². The fourth-order valence-corrected chi connectivity index (χ4v) is 9.69. The number of carbonyl (C=O) groups is 3. The molecule has 0 aromatic heterocycles. The van der Waals surface area contributed by atoms with Gasteiger partial charge in [0, 0.05) is 43.7 Å². The Bertz CT molecular complexity index is 1100. The number of unbranched alkanes of at least 4 members (excludes halogenated alkanes) is 4. The van der Waals surface area contributed by atoms with Crippen LogP contribution in [0.25, 0.3) is 0 Å². The number of anilines is 1. The van der Waals surface area contributed by atoms with Gasteiger partial charge in [-0.15, -0.1) is 24.9 Å². The zero-order valence-corrected chi connectivity index (χ0v) is 25.6. The molecule has 2 bridgehead atoms. The fraction of sp³-hybridized carbons (Fsp3) is 0.606. The van der Waals surface area contributed by atoms with Crippen molar-refractivity contribution in [1.29, 1.82) is 0 Å². The molecule has 1 spiro atoms. The summed E-state index contributed by atoms with van der Waals surface area (Å²) >= 11 is 1.73. The minimum atomic E-state index is -0.633. The van der Waals surface area contributed by atoms with Gasteiger partial charge in [0.15, 0.2) is 0 Å². The molecule has 0 radical (unpaired) electrons. The number of fused-ring (bicyclic) bond motifs is 1. The molecule has 3 saturated heterocycles. The standard InChI is InChI=1S/C33H47N3O4S/c1-5-8-20-34(18-6-2)32(40)29-33-24(4)23-26(41-33)27(28(33)31(39)36(29)21-14-9-10-15-22-37)30(38)35(19-7-3)25-16-12-11-13-17-25/h6-7,11-13,16-17,24,26-29,37H,2-3,5,8-10,14-15,18-23H2,1,4H3/t24?,26-,27+,28+,29?,33?/m1/s1. The molecule has 7 nitrogen and oxygen atoms in total. The van der Waals surface area contributed by atoms with Crippen molar-refractivity contribution in [3.63, 3.8) is 0 Å². The summed E-state index contributed by atoms with van der Waals surface area (Å²) in [6.07, 6.45) is 9.42. The van der Waals surface area contributed by atoms with Crippen LogP contribution in [0.15, 0.2) is 55.6 Å². The molecule has 3 amide bonds. The maximum Gasteiger partial charge on any atom is 0.247 e. The van der Waals surface area contributed by atoms with Crippen LogP contribution in [0.4, 0.5) is 5.69 Å². The summed E-state index contributed by atoms with van der Waals surface area (Å²) in [6, 6.07) is 8.99. The van der Waals surface area contributed by atoms with Gasteiger partial charge in [-0.3, -0.25) is 14.4 Å². The van der Waals surface area contributed by atoms with Gasteiger partial charge in [-0.2, -0.15) is 0 Å². The highest BCUT2D eigenvalue weighted by Crippen LogP contribution is 2.69. The number of aliphatic hydroxyl groups is 1. The summed E-state index contributed by atoms with van der Waals surface area (Å²) < 4.78 is -0.633. The maximum absolute atomic E-state index is 14.5. The Labute approximate surface area is 250 Å². The average Bonchev–Trinajstić information content (AvgIpc) is 3.57. The second kappa shape index (κ2) is 14.1. The highest BCUT2D eigenvalue weighted by molar-refractivity contribution is 8.02. The zero-order valence-electron chi connectivity index (χ0n) is 24.7. The molecule has 3 unspecified atom stereocenters. The Morgan fingerprint density at radius 3 is 2.44 bits per heavy atom. The molecular weight excluding hydrogens is 534 g/mol. The first-order chi connectivity index (χ1) is 19.9. The number of hydrogen-bond acceptors (Lipinski definition) is 5. The SMILES string of the molecule is C=CCN(CCCC)C(=O)C1N(CCCCCCO)C(=O)[C@@H]2[C@@H](C(=O)N(CC=C)c3ccccc3)[C@H]3CC(C)C12S3. The summed E-state index contributed by atoms with van der Waals surface area (Å²) in [4.78, 5) is 48.8. The van der Waals surface area contributed by atoms with Crippen molar-refractivity contribution in [1.82, 2.24) is 9.80 Å². The van der Waals surface area contributed by atoms with Crippen LogP contribution in [0.5, 0.6) is 0 Å². The third kappa shape index (κ3) is 5.87. The lowest BCUT2D eigenvalue weighted by atomic mass is 9.65. The van der Waals surface area contributed by atoms with Crippen LogP contribution in [0.2, 0.25) is 0 Å². The van der Waals surface area contributed by atoms with Crippen LogP contribution < -0.4 is 4.90 Å². The molecule has 1 aromatic rings. The quantitative estimate of drug-likeness (QED) is 0.222. The summed E-state index contributed by atoms with van der Waals surface area (Å²) in [6.45, 7) is 14.1. The summed E-state index contributed by atoms with van der Waals surface area (Å²) in [5.74, 6) is -1.000. The van der Waals surface area contributed by atoms with E-state index in [2.05, 4.69) is 27.0 Å². The first-order valence-corrected chi connectivity index (χ1v) is 16.2. The van der Waals surface area contributed by atoms with Gasteiger partial charge >= 0.3 is 0 Å². The van der Waals surface area contributed by atoms with Crippen LogP contribution in [-0.4, -0.2) is 81.5 Å². The summed E-state index contributed by atoms with van der Waals surface area (Å²) in [5, 5.41) is 9.20. The monoisotopic (exact) mass is 581 g/mol. The lowest BCUT2D eigenvalue weighted by Gasteiger charge is -2.41. The number of hydrogen-bond donors (Lipinski definition) is 1. The Morgan fingerprint density at radius 2 is 1.78 bits per heavy atom. The minimum absolute atomic E-state index is 0.00650. The molecule has 0 aliphatic carbocycles. The van der Waals surface area contributed by atoms with E-state index in [0.717, 1.165) is 50.6 Å². The lowest BCUT2D eigenvalue weighted by molar-refractivity contribution is -0.142. The number of benzene rings is 1. The van der Waals surface area contributed by atoms with Crippen LogP contribution in [-0.2, 0) is 14.4 Å². The zero-order chi connectivity index (χ0) is 29.6. The number of carbonyl (C=O) groups excluding carboxylic acids is 3. The van der Waals surface area contributed by atoms with Crippen molar-refractivity contribution in [3.8, 4) is 0 Å². The third-order valence-electron chi connectivity index (χ3n) is 9.16. The van der Waals surface area contributed by atoms with Crippen LogP contribution in [0, 0.1) is 17.8 Å². The van der Waals surface area contributed by atoms with Gasteiger partial charge in [-0.25, -0.2) is 0 Å². The minimum Gasteiger partial charge on any atom is -0.396 e. The van der Waals surface area contributed by atoms with Gasteiger partial charge < -0.3 is 19.8 Å². The average molecular weight is 582 g/mol. The van der Waals surface area contributed by atoms with Crippen molar-refractivity contribution in [2.24, 2.45) is 17.8 Å². The molecule has 3 heterocycles. The summed E-state index contributed by atoms with van der Waals surface area (Å²) in [5.41, 5.74) is 0.794. The van der Waals surface area contributed by atoms with E-state index >= 15 is 0 Å². The summed E-state index contributed by atoms with van der Waals surface area (Å²) in [7, 11) is 0. The van der Waals surface area contributed by atoms with Gasteiger partial charge in [0.1, 0.15) is 6.04 Å². The highest BCUT2D eigenvalue weighted by Gasteiger charge is 2.76. The Hall–Kier alpha value is -2.58. The molecule has 3 fully saturated rings. The molecule has 41 heavy (non-hydrogen) atoms. The van der Waals surface area contributed by atoms with Crippen molar-refractivity contribution in [2.45, 2.75) is 74.8 Å². The smallest absolute Gasteiger partial charge is 0.247 e. The topological polar surface area (TPSA) is 81.2 Å². The van der Waals surface area contributed by atoms with Gasteiger partial charge in [0.05, 0.1) is 16.6 Å². The molecular formula is C33H47N3O4S. The predicted molar refractivity (Wildman–Crippen MR) is 167 cm³/mol.